The lowest BCUT2D eigenvalue weighted by molar-refractivity contribution is 0.475. The van der Waals surface area contributed by atoms with Crippen molar-refractivity contribution in [3.63, 3.8) is 0 Å². The van der Waals surface area contributed by atoms with Crippen LogP contribution in [0.5, 0.6) is 5.75 Å². The fourth-order valence-electron chi connectivity index (χ4n) is 1.75. The molecule has 0 atom stereocenters. The van der Waals surface area contributed by atoms with Gasteiger partial charge in [0, 0.05) is 0 Å². The first kappa shape index (κ1) is 13.8. The van der Waals surface area contributed by atoms with Crippen molar-refractivity contribution >= 4 is 29.2 Å². The van der Waals surface area contributed by atoms with Crippen LogP contribution in [0.2, 0.25) is 19.6 Å². The third kappa shape index (κ3) is 3.35. The van der Waals surface area contributed by atoms with Gasteiger partial charge in [-0.1, -0.05) is 39.1 Å². The summed E-state index contributed by atoms with van der Waals surface area (Å²) in [6.45, 7) is 8.99. The molecule has 3 heteroatoms. The molecule has 1 N–H and O–H groups in total. The van der Waals surface area contributed by atoms with Gasteiger partial charge in [-0.25, -0.2) is 0 Å². The molecule has 0 saturated carbocycles. The maximum Gasteiger partial charge on any atom is 0.128 e. The number of rotatable bonds is 4. The standard InChI is InChI=1S/C13H21BrOSi/c1-5-6-7-10-8-11(14)13(15)12(9-10)16(2,3)4/h8-9,15H,5-7H2,1-4H3. The van der Waals surface area contributed by atoms with Crippen molar-refractivity contribution < 1.29 is 5.11 Å². The summed E-state index contributed by atoms with van der Waals surface area (Å²) in [4.78, 5) is 0. The Kier molecular flexibility index (Phi) is 4.62. The zero-order valence-corrected chi connectivity index (χ0v) is 13.2. The average molecular weight is 301 g/mol. The number of hydrogen-bond donors (Lipinski definition) is 1. The topological polar surface area (TPSA) is 20.2 Å². The van der Waals surface area contributed by atoms with Crippen molar-refractivity contribution in [1.82, 2.24) is 0 Å². The quantitative estimate of drug-likeness (QED) is 0.832. The number of phenols is 1. The van der Waals surface area contributed by atoms with E-state index in [0.29, 0.717) is 5.75 Å². The van der Waals surface area contributed by atoms with Gasteiger partial charge >= 0.3 is 0 Å². The molecule has 0 aliphatic heterocycles. The zero-order chi connectivity index (χ0) is 12.3. The fraction of sp³-hybridized carbons (Fsp3) is 0.538. The number of aryl methyl sites for hydroxylation is 1. The summed E-state index contributed by atoms with van der Waals surface area (Å²) in [6.07, 6.45) is 3.52. The van der Waals surface area contributed by atoms with E-state index in [0.717, 1.165) is 16.1 Å². The first-order valence-corrected chi connectivity index (χ1v) is 10.2. The molecule has 0 aliphatic carbocycles. The maximum absolute atomic E-state index is 10.1. The molecule has 1 rings (SSSR count). The molecule has 0 unspecified atom stereocenters. The summed E-state index contributed by atoms with van der Waals surface area (Å²) in [5.41, 5.74) is 1.34. The van der Waals surface area contributed by atoms with Gasteiger partial charge < -0.3 is 5.11 Å². The number of halogens is 1. The van der Waals surface area contributed by atoms with E-state index in [4.69, 9.17) is 0 Å². The smallest absolute Gasteiger partial charge is 0.128 e. The predicted molar refractivity (Wildman–Crippen MR) is 77.4 cm³/mol. The fourth-order valence-corrected chi connectivity index (χ4v) is 3.91. The van der Waals surface area contributed by atoms with Gasteiger partial charge in [-0.2, -0.15) is 0 Å². The van der Waals surface area contributed by atoms with E-state index < -0.39 is 8.07 Å². The zero-order valence-electron chi connectivity index (χ0n) is 10.6. The summed E-state index contributed by atoms with van der Waals surface area (Å²) < 4.78 is 0.846. The molecule has 0 aromatic heterocycles. The Bertz CT molecular complexity index is 369. The highest BCUT2D eigenvalue weighted by molar-refractivity contribution is 9.10. The number of aromatic hydroxyl groups is 1. The molecule has 0 fully saturated rings. The largest absolute Gasteiger partial charge is 0.507 e. The van der Waals surface area contributed by atoms with Crippen LogP contribution in [0.25, 0.3) is 0 Å². The lowest BCUT2D eigenvalue weighted by Crippen LogP contribution is -2.38. The maximum atomic E-state index is 10.1. The van der Waals surface area contributed by atoms with E-state index in [2.05, 4.69) is 54.6 Å². The highest BCUT2D eigenvalue weighted by Crippen LogP contribution is 2.26. The SMILES string of the molecule is CCCCc1cc(Br)c(O)c([Si](C)(C)C)c1. The third-order valence-electron chi connectivity index (χ3n) is 2.75. The van der Waals surface area contributed by atoms with Crippen LogP contribution in [-0.2, 0) is 6.42 Å². The molecule has 0 bridgehead atoms. The van der Waals surface area contributed by atoms with Crippen LogP contribution < -0.4 is 5.19 Å². The van der Waals surface area contributed by atoms with E-state index >= 15 is 0 Å². The molecule has 1 aromatic rings. The number of unbranched alkanes of at least 4 members (excludes halogenated alkanes) is 1. The van der Waals surface area contributed by atoms with Crippen LogP contribution in [-0.4, -0.2) is 13.2 Å². The van der Waals surface area contributed by atoms with E-state index in [1.165, 1.54) is 18.4 Å². The second-order valence-electron chi connectivity index (χ2n) is 5.33. The van der Waals surface area contributed by atoms with Crippen molar-refractivity contribution in [2.45, 2.75) is 45.8 Å². The molecule has 0 heterocycles. The molecule has 0 saturated heterocycles. The van der Waals surface area contributed by atoms with E-state index in [9.17, 15) is 5.11 Å². The molecular weight excluding hydrogens is 280 g/mol. The van der Waals surface area contributed by atoms with Crippen molar-refractivity contribution in [3.8, 4) is 5.75 Å². The summed E-state index contributed by atoms with van der Waals surface area (Å²) in [6, 6.07) is 4.25. The van der Waals surface area contributed by atoms with Crippen molar-refractivity contribution in [2.75, 3.05) is 0 Å². The van der Waals surface area contributed by atoms with Crippen molar-refractivity contribution in [2.24, 2.45) is 0 Å². The molecule has 1 nitrogen and oxygen atoms in total. The summed E-state index contributed by atoms with van der Waals surface area (Å²) in [5.74, 6) is 0.444. The van der Waals surface area contributed by atoms with Gasteiger partial charge in [-0.3, -0.25) is 0 Å². The summed E-state index contributed by atoms with van der Waals surface area (Å²) >= 11 is 3.45. The third-order valence-corrected chi connectivity index (χ3v) is 5.35. The minimum absolute atomic E-state index is 0.444. The normalized spacial score (nSPS) is 11.8. The Morgan fingerprint density at radius 2 is 1.88 bits per heavy atom. The molecule has 0 amide bonds. The Morgan fingerprint density at radius 3 is 2.38 bits per heavy atom. The van der Waals surface area contributed by atoms with Gasteiger partial charge in [-0.15, -0.1) is 0 Å². The lowest BCUT2D eigenvalue weighted by atomic mass is 10.1. The monoisotopic (exact) mass is 300 g/mol. The van der Waals surface area contributed by atoms with E-state index in [1.54, 1.807) is 0 Å². The predicted octanol–water partition coefficient (Wildman–Crippen LogP) is 4.04. The minimum Gasteiger partial charge on any atom is -0.507 e. The van der Waals surface area contributed by atoms with Gasteiger partial charge in [0.05, 0.1) is 12.5 Å². The Hall–Kier alpha value is -0.283. The van der Waals surface area contributed by atoms with Gasteiger partial charge in [0.2, 0.25) is 0 Å². The molecule has 1 aromatic carbocycles. The summed E-state index contributed by atoms with van der Waals surface area (Å²) in [5, 5.41) is 11.2. The van der Waals surface area contributed by atoms with Crippen molar-refractivity contribution in [1.29, 1.82) is 0 Å². The lowest BCUT2D eigenvalue weighted by Gasteiger charge is -2.20. The van der Waals surface area contributed by atoms with E-state index in [1.807, 2.05) is 0 Å². The summed E-state index contributed by atoms with van der Waals surface area (Å²) in [7, 11) is -1.46. The van der Waals surface area contributed by atoms with Gasteiger partial charge in [0.15, 0.2) is 0 Å². The number of hydrogen-bond acceptors (Lipinski definition) is 1. The Morgan fingerprint density at radius 1 is 1.25 bits per heavy atom. The van der Waals surface area contributed by atoms with Crippen LogP contribution in [0.4, 0.5) is 0 Å². The second-order valence-corrected chi connectivity index (χ2v) is 11.2. The molecular formula is C13H21BrOSi. The number of benzene rings is 1. The molecule has 0 aliphatic rings. The van der Waals surface area contributed by atoms with Crippen molar-refractivity contribution in [3.05, 3.63) is 22.2 Å². The van der Waals surface area contributed by atoms with Gasteiger partial charge in [-0.05, 0) is 45.6 Å². The molecule has 0 radical (unpaired) electrons. The first-order valence-electron chi connectivity index (χ1n) is 5.88. The number of phenolic OH excluding ortho intramolecular Hbond substituents is 1. The molecule has 0 spiro atoms. The molecule has 90 valence electrons. The Labute approximate surface area is 108 Å². The van der Waals surface area contributed by atoms with Crippen LogP contribution in [0.15, 0.2) is 16.6 Å². The Balaban J connectivity index is 3.12. The van der Waals surface area contributed by atoms with Crippen LogP contribution >= 0.6 is 15.9 Å². The highest BCUT2D eigenvalue weighted by atomic mass is 79.9. The highest BCUT2D eigenvalue weighted by Gasteiger charge is 2.22. The van der Waals surface area contributed by atoms with Gasteiger partial charge in [0.1, 0.15) is 5.75 Å². The average Bonchev–Trinajstić information content (AvgIpc) is 2.17. The van der Waals surface area contributed by atoms with Crippen LogP contribution in [0.3, 0.4) is 0 Å². The van der Waals surface area contributed by atoms with E-state index in [-0.39, 0.29) is 0 Å². The van der Waals surface area contributed by atoms with Crippen LogP contribution in [0.1, 0.15) is 25.3 Å². The van der Waals surface area contributed by atoms with Gasteiger partial charge in [0.25, 0.3) is 0 Å². The second kappa shape index (κ2) is 5.37. The van der Waals surface area contributed by atoms with Crippen LogP contribution in [0, 0.1) is 0 Å². The minimum atomic E-state index is -1.46. The first-order chi connectivity index (χ1) is 7.36. The molecule has 16 heavy (non-hydrogen) atoms.